The van der Waals surface area contributed by atoms with Crippen molar-refractivity contribution in [3.05, 3.63) is 84.4 Å². The van der Waals surface area contributed by atoms with Crippen LogP contribution in [0.25, 0.3) is 0 Å². The lowest BCUT2D eigenvalue weighted by Crippen LogP contribution is -2.80. The van der Waals surface area contributed by atoms with E-state index in [9.17, 15) is 34.2 Å². The molecule has 46 heavy (non-hydrogen) atoms. The molecular weight excluding hydrogens is 592 g/mol. The average Bonchev–Trinajstić information content (AvgIpc) is 3.02. The van der Waals surface area contributed by atoms with Crippen molar-refractivity contribution in [1.29, 1.82) is 0 Å². The molecule has 0 spiro atoms. The summed E-state index contributed by atoms with van der Waals surface area (Å²) in [5.74, 6) is -6.01. The Morgan fingerprint density at radius 1 is 0.848 bits per heavy atom. The van der Waals surface area contributed by atoms with Crippen molar-refractivity contribution in [1.82, 2.24) is 0 Å². The second-order valence-corrected chi connectivity index (χ2v) is 13.8. The highest BCUT2D eigenvalue weighted by Crippen LogP contribution is 2.66. The van der Waals surface area contributed by atoms with E-state index < -0.39 is 87.6 Å². The highest BCUT2D eigenvalue weighted by atomic mass is 16.6. The maximum atomic E-state index is 14.3. The SMILES string of the molecule is C=CC1(C)CC(=O)C2C(O)(C1=O)C(OC(C)=O)CC1C(C)(C)C(OC(=O)c3ccccc3)C(O)C(OC(=O)c3ccccc3)C12C. The molecule has 3 aliphatic rings. The quantitative estimate of drug-likeness (QED) is 0.273. The number of hydrogen-bond acceptors (Lipinski definition) is 10. The summed E-state index contributed by atoms with van der Waals surface area (Å²) in [7, 11) is 0. The third-order valence-corrected chi connectivity index (χ3v) is 10.6. The van der Waals surface area contributed by atoms with Gasteiger partial charge in [0.05, 0.1) is 22.5 Å². The van der Waals surface area contributed by atoms with Crippen LogP contribution in [-0.2, 0) is 28.6 Å². The number of benzene rings is 2. The molecule has 3 aliphatic carbocycles. The first-order chi connectivity index (χ1) is 21.5. The Morgan fingerprint density at radius 3 is 1.83 bits per heavy atom. The van der Waals surface area contributed by atoms with Gasteiger partial charge in [0.2, 0.25) is 0 Å². The number of aliphatic hydroxyl groups is 2. The van der Waals surface area contributed by atoms with E-state index in [4.69, 9.17) is 14.2 Å². The molecular formula is C36H40O10. The highest BCUT2D eigenvalue weighted by molar-refractivity contribution is 6.06. The van der Waals surface area contributed by atoms with E-state index in [1.54, 1.807) is 69.3 Å². The molecule has 2 N–H and O–H groups in total. The molecule has 0 amide bonds. The van der Waals surface area contributed by atoms with Gasteiger partial charge in [-0.2, -0.15) is 0 Å². The summed E-state index contributed by atoms with van der Waals surface area (Å²) in [6.45, 7) is 11.4. The number of Topliss-reactive ketones (excluding diaryl/α,β-unsaturated/α-hetero) is 2. The van der Waals surface area contributed by atoms with Gasteiger partial charge in [0.25, 0.3) is 0 Å². The van der Waals surface area contributed by atoms with Gasteiger partial charge in [0.1, 0.15) is 30.2 Å². The number of fused-ring (bicyclic) bond motifs is 3. The van der Waals surface area contributed by atoms with Gasteiger partial charge in [0, 0.05) is 24.2 Å². The third kappa shape index (κ3) is 4.98. The maximum Gasteiger partial charge on any atom is 0.338 e. The van der Waals surface area contributed by atoms with Crippen LogP contribution >= 0.6 is 0 Å². The number of ether oxygens (including phenoxy) is 3. The van der Waals surface area contributed by atoms with Gasteiger partial charge in [-0.15, -0.1) is 6.58 Å². The monoisotopic (exact) mass is 632 g/mol. The maximum absolute atomic E-state index is 14.3. The molecule has 0 aliphatic heterocycles. The van der Waals surface area contributed by atoms with E-state index in [0.717, 1.165) is 6.92 Å². The van der Waals surface area contributed by atoms with Crippen molar-refractivity contribution in [2.45, 2.75) is 77.5 Å². The highest BCUT2D eigenvalue weighted by Gasteiger charge is 2.78. The fourth-order valence-corrected chi connectivity index (χ4v) is 8.45. The van der Waals surface area contributed by atoms with Gasteiger partial charge in [-0.05, 0) is 43.5 Å². The lowest BCUT2D eigenvalue weighted by Gasteiger charge is -2.67. The number of carbonyl (C=O) groups is 5. The molecule has 0 radical (unpaired) electrons. The summed E-state index contributed by atoms with van der Waals surface area (Å²) in [4.78, 5) is 67.9. The van der Waals surface area contributed by atoms with E-state index in [-0.39, 0.29) is 24.0 Å². The molecule has 10 nitrogen and oxygen atoms in total. The van der Waals surface area contributed by atoms with Crippen LogP contribution in [0.3, 0.4) is 0 Å². The van der Waals surface area contributed by atoms with Crippen molar-refractivity contribution < 1.29 is 48.4 Å². The molecule has 3 saturated carbocycles. The van der Waals surface area contributed by atoms with Gasteiger partial charge in [-0.1, -0.05) is 63.2 Å². The Labute approximate surface area is 267 Å². The summed E-state index contributed by atoms with van der Waals surface area (Å²) in [5, 5.41) is 24.6. The van der Waals surface area contributed by atoms with Crippen LogP contribution in [0.5, 0.6) is 0 Å². The van der Waals surface area contributed by atoms with Crippen molar-refractivity contribution in [3.63, 3.8) is 0 Å². The Morgan fingerprint density at radius 2 is 1.35 bits per heavy atom. The summed E-state index contributed by atoms with van der Waals surface area (Å²) in [5.41, 5.74) is -6.41. The summed E-state index contributed by atoms with van der Waals surface area (Å²) < 4.78 is 17.7. The summed E-state index contributed by atoms with van der Waals surface area (Å²) >= 11 is 0. The van der Waals surface area contributed by atoms with E-state index in [1.807, 2.05) is 0 Å². The standard InChI is InChI=1S/C36H40O10/c1-7-34(5)19-23(38)27-35(6)24(18-25(44-20(2)37)36(27,43)32(34)42)33(3,4)28(45-30(40)21-14-10-8-11-15-21)26(39)29(35)46-31(41)22-16-12-9-13-17-22/h7-17,24-29,39,43H,1,18-19H2,2-6H3. The Kier molecular flexibility index (Phi) is 8.36. The second-order valence-electron chi connectivity index (χ2n) is 13.8. The smallest absolute Gasteiger partial charge is 0.338 e. The van der Waals surface area contributed by atoms with Crippen LogP contribution in [0, 0.1) is 28.1 Å². The van der Waals surface area contributed by atoms with Gasteiger partial charge < -0.3 is 24.4 Å². The molecule has 244 valence electrons. The molecule has 2 aromatic carbocycles. The number of hydrogen-bond donors (Lipinski definition) is 2. The molecule has 3 fully saturated rings. The predicted molar refractivity (Wildman–Crippen MR) is 164 cm³/mol. The Hall–Kier alpha value is -4.15. The second kappa shape index (κ2) is 11.6. The number of esters is 3. The number of aliphatic hydroxyl groups excluding tert-OH is 1. The minimum absolute atomic E-state index is 0.159. The predicted octanol–water partition coefficient (Wildman–Crippen LogP) is 3.88. The summed E-state index contributed by atoms with van der Waals surface area (Å²) in [6, 6.07) is 16.2. The molecule has 0 heterocycles. The normalized spacial score (nSPS) is 36.4. The molecule has 9 atom stereocenters. The topological polar surface area (TPSA) is 154 Å². The van der Waals surface area contributed by atoms with E-state index >= 15 is 0 Å². The van der Waals surface area contributed by atoms with Crippen LogP contribution in [0.2, 0.25) is 0 Å². The fraction of sp³-hybridized carbons (Fsp3) is 0.472. The van der Waals surface area contributed by atoms with Crippen molar-refractivity contribution in [3.8, 4) is 0 Å². The van der Waals surface area contributed by atoms with Gasteiger partial charge in [-0.3, -0.25) is 14.4 Å². The lowest BCUT2D eigenvalue weighted by atomic mass is 9.39. The molecule has 0 bridgehead atoms. The molecule has 10 heteroatoms. The van der Waals surface area contributed by atoms with Crippen molar-refractivity contribution in [2.75, 3.05) is 0 Å². The first-order valence-corrected chi connectivity index (χ1v) is 15.3. The number of ketones is 2. The van der Waals surface area contributed by atoms with Crippen LogP contribution < -0.4 is 0 Å². The van der Waals surface area contributed by atoms with Crippen LogP contribution in [-0.4, -0.2) is 69.7 Å². The first kappa shape index (κ1) is 33.2. The van der Waals surface area contributed by atoms with E-state index in [0.29, 0.717) is 0 Å². The molecule has 2 aromatic rings. The molecule has 0 aromatic heterocycles. The Bertz CT molecular complexity index is 1570. The molecule has 5 rings (SSSR count). The van der Waals surface area contributed by atoms with Crippen LogP contribution in [0.1, 0.15) is 68.2 Å². The zero-order valence-corrected chi connectivity index (χ0v) is 26.6. The van der Waals surface area contributed by atoms with Gasteiger partial charge in [-0.25, -0.2) is 9.59 Å². The minimum Gasteiger partial charge on any atom is -0.459 e. The largest absolute Gasteiger partial charge is 0.459 e. The number of rotatable bonds is 6. The lowest BCUT2D eigenvalue weighted by molar-refractivity contribution is -0.290. The summed E-state index contributed by atoms with van der Waals surface area (Å²) in [6.07, 6.45) is -5.20. The van der Waals surface area contributed by atoms with Crippen LogP contribution in [0.15, 0.2) is 73.3 Å². The van der Waals surface area contributed by atoms with Crippen LogP contribution in [0.4, 0.5) is 0 Å². The minimum atomic E-state index is -2.55. The number of allylic oxidation sites excluding steroid dienone is 1. The van der Waals surface area contributed by atoms with Gasteiger partial charge >= 0.3 is 17.9 Å². The zero-order chi connectivity index (χ0) is 33.8. The van der Waals surface area contributed by atoms with Crippen molar-refractivity contribution >= 4 is 29.5 Å². The third-order valence-electron chi connectivity index (χ3n) is 10.6. The van der Waals surface area contributed by atoms with Gasteiger partial charge in [0.15, 0.2) is 11.4 Å². The Balaban J connectivity index is 1.70. The zero-order valence-electron chi connectivity index (χ0n) is 26.6. The molecule has 9 unspecified atom stereocenters. The average molecular weight is 633 g/mol. The fourth-order valence-electron chi connectivity index (χ4n) is 8.45. The first-order valence-electron chi connectivity index (χ1n) is 15.3. The van der Waals surface area contributed by atoms with E-state index in [2.05, 4.69) is 6.58 Å². The van der Waals surface area contributed by atoms with E-state index in [1.165, 1.54) is 25.1 Å². The number of carbonyl (C=O) groups excluding carboxylic acids is 5. The molecule has 0 saturated heterocycles. The van der Waals surface area contributed by atoms with Crippen molar-refractivity contribution in [2.24, 2.45) is 28.1 Å².